The second kappa shape index (κ2) is 7.76. The number of rotatable bonds is 7. The highest BCUT2D eigenvalue weighted by atomic mass is 16.5. The Morgan fingerprint density at radius 3 is 2.79 bits per heavy atom. The van der Waals surface area contributed by atoms with Crippen LogP contribution in [0.1, 0.15) is 30.5 Å². The third-order valence-electron chi connectivity index (χ3n) is 2.83. The van der Waals surface area contributed by atoms with Crippen LogP contribution >= 0.6 is 0 Å². The molecule has 5 nitrogen and oxygen atoms in total. The Morgan fingerprint density at radius 2 is 2.21 bits per heavy atom. The van der Waals surface area contributed by atoms with Gasteiger partial charge in [-0.1, -0.05) is 17.3 Å². The Kier molecular flexibility index (Phi) is 6.32. The molecule has 5 heteroatoms. The molecule has 106 valence electrons. The topological polar surface area (TPSA) is 77.1 Å². The van der Waals surface area contributed by atoms with E-state index in [1.165, 1.54) is 0 Å². The van der Waals surface area contributed by atoms with Crippen molar-refractivity contribution in [2.45, 2.75) is 33.5 Å². The van der Waals surface area contributed by atoms with Crippen molar-refractivity contribution in [1.82, 2.24) is 0 Å². The molecule has 0 bridgehead atoms. The first kappa shape index (κ1) is 15.5. The fourth-order valence-corrected chi connectivity index (χ4v) is 1.64. The molecule has 1 aromatic carbocycles. The fraction of sp³-hybridized carbons (Fsp3) is 0.500. The zero-order valence-corrected chi connectivity index (χ0v) is 11.7. The predicted molar refractivity (Wildman–Crippen MR) is 74.4 cm³/mol. The van der Waals surface area contributed by atoms with Gasteiger partial charge in [-0.3, -0.25) is 0 Å². The van der Waals surface area contributed by atoms with Crippen molar-refractivity contribution in [1.29, 1.82) is 0 Å². The first-order valence-electron chi connectivity index (χ1n) is 6.35. The van der Waals surface area contributed by atoms with Crippen LogP contribution in [-0.4, -0.2) is 30.4 Å². The van der Waals surface area contributed by atoms with Crippen molar-refractivity contribution in [3.05, 3.63) is 34.9 Å². The third kappa shape index (κ3) is 4.89. The highest BCUT2D eigenvalue weighted by Crippen LogP contribution is 2.13. The standard InChI is InChI=1S/C14H22N2O3/c1-4-18-8-11(3)19-9-13-6-5-12(7-10(13)2)14(15)16-17/h5-7,11,17H,4,8-9H2,1-3H3,(H2,15,16). The maximum absolute atomic E-state index is 8.63. The molecule has 19 heavy (non-hydrogen) atoms. The second-order valence-corrected chi connectivity index (χ2v) is 4.41. The number of hydrogen-bond acceptors (Lipinski definition) is 4. The summed E-state index contributed by atoms with van der Waals surface area (Å²) >= 11 is 0. The molecule has 0 saturated heterocycles. The average Bonchev–Trinajstić information content (AvgIpc) is 2.42. The molecular formula is C14H22N2O3. The molecule has 0 aromatic heterocycles. The molecule has 0 saturated carbocycles. The molecule has 1 rings (SSSR count). The summed E-state index contributed by atoms with van der Waals surface area (Å²) < 4.78 is 11.0. The minimum absolute atomic E-state index is 0.0584. The van der Waals surface area contributed by atoms with E-state index in [1.54, 1.807) is 0 Å². The molecule has 3 N–H and O–H groups in total. The van der Waals surface area contributed by atoms with E-state index in [-0.39, 0.29) is 11.9 Å². The minimum Gasteiger partial charge on any atom is -0.409 e. The third-order valence-corrected chi connectivity index (χ3v) is 2.83. The molecule has 1 aromatic rings. The predicted octanol–water partition coefficient (Wildman–Crippen LogP) is 2.03. The zero-order valence-electron chi connectivity index (χ0n) is 11.7. The number of hydrogen-bond donors (Lipinski definition) is 2. The van der Waals surface area contributed by atoms with Gasteiger partial charge in [0.2, 0.25) is 0 Å². The van der Waals surface area contributed by atoms with Crippen molar-refractivity contribution in [2.24, 2.45) is 10.9 Å². The number of nitrogens with two attached hydrogens (primary N) is 1. The van der Waals surface area contributed by atoms with E-state index in [0.717, 1.165) is 11.1 Å². The number of nitrogens with zero attached hydrogens (tertiary/aromatic N) is 1. The molecule has 0 aliphatic rings. The van der Waals surface area contributed by atoms with E-state index >= 15 is 0 Å². The Bertz CT molecular complexity index is 433. The number of aryl methyl sites for hydroxylation is 1. The molecule has 0 aliphatic heterocycles. The van der Waals surface area contributed by atoms with Gasteiger partial charge >= 0.3 is 0 Å². The van der Waals surface area contributed by atoms with Crippen LogP contribution in [0.4, 0.5) is 0 Å². The summed E-state index contributed by atoms with van der Waals surface area (Å²) in [6.45, 7) is 7.73. The van der Waals surface area contributed by atoms with Crippen LogP contribution in [0.2, 0.25) is 0 Å². The van der Waals surface area contributed by atoms with Gasteiger partial charge < -0.3 is 20.4 Å². The van der Waals surface area contributed by atoms with Gasteiger partial charge in [-0.05, 0) is 38.0 Å². The van der Waals surface area contributed by atoms with Crippen LogP contribution in [0, 0.1) is 6.92 Å². The van der Waals surface area contributed by atoms with Crippen LogP contribution < -0.4 is 5.73 Å². The van der Waals surface area contributed by atoms with Crippen molar-refractivity contribution >= 4 is 5.84 Å². The summed E-state index contributed by atoms with van der Waals surface area (Å²) in [5, 5.41) is 11.6. The minimum atomic E-state index is 0.0584. The van der Waals surface area contributed by atoms with Gasteiger partial charge in [-0.25, -0.2) is 0 Å². The first-order chi connectivity index (χ1) is 9.08. The maximum atomic E-state index is 8.63. The summed E-state index contributed by atoms with van der Waals surface area (Å²) in [6.07, 6.45) is 0.0584. The number of amidine groups is 1. The van der Waals surface area contributed by atoms with Crippen LogP contribution in [0.5, 0.6) is 0 Å². The number of ether oxygens (including phenoxy) is 2. The Morgan fingerprint density at radius 1 is 1.47 bits per heavy atom. The molecule has 0 amide bonds. The van der Waals surface area contributed by atoms with Crippen molar-refractivity contribution in [2.75, 3.05) is 13.2 Å². The van der Waals surface area contributed by atoms with Gasteiger partial charge in [-0.15, -0.1) is 0 Å². The smallest absolute Gasteiger partial charge is 0.170 e. The summed E-state index contributed by atoms with van der Waals surface area (Å²) in [7, 11) is 0. The van der Waals surface area contributed by atoms with E-state index in [1.807, 2.05) is 39.0 Å². The lowest BCUT2D eigenvalue weighted by molar-refractivity contribution is -0.0118. The van der Waals surface area contributed by atoms with Gasteiger partial charge in [0.25, 0.3) is 0 Å². The Hall–Kier alpha value is -1.59. The molecule has 0 heterocycles. The lowest BCUT2D eigenvalue weighted by Crippen LogP contribution is -2.16. The molecule has 1 unspecified atom stereocenters. The zero-order chi connectivity index (χ0) is 14.3. The molecule has 1 atom stereocenters. The molecule has 0 fully saturated rings. The second-order valence-electron chi connectivity index (χ2n) is 4.41. The molecular weight excluding hydrogens is 244 g/mol. The number of oxime groups is 1. The quantitative estimate of drug-likeness (QED) is 0.342. The van der Waals surface area contributed by atoms with Gasteiger partial charge in [0, 0.05) is 12.2 Å². The molecule has 0 radical (unpaired) electrons. The van der Waals surface area contributed by atoms with Crippen LogP contribution in [0.15, 0.2) is 23.4 Å². The van der Waals surface area contributed by atoms with E-state index < -0.39 is 0 Å². The van der Waals surface area contributed by atoms with E-state index in [9.17, 15) is 0 Å². The first-order valence-corrected chi connectivity index (χ1v) is 6.35. The molecule has 0 aliphatic carbocycles. The SMILES string of the molecule is CCOCC(C)OCc1ccc(/C(N)=N/O)cc1C. The van der Waals surface area contributed by atoms with E-state index in [4.69, 9.17) is 20.4 Å². The van der Waals surface area contributed by atoms with E-state index in [2.05, 4.69) is 5.16 Å². The molecule has 0 spiro atoms. The monoisotopic (exact) mass is 266 g/mol. The van der Waals surface area contributed by atoms with Gasteiger partial charge in [0.1, 0.15) is 0 Å². The van der Waals surface area contributed by atoms with Crippen molar-refractivity contribution < 1.29 is 14.7 Å². The van der Waals surface area contributed by atoms with Crippen molar-refractivity contribution in [3.63, 3.8) is 0 Å². The van der Waals surface area contributed by atoms with E-state index in [0.29, 0.717) is 25.4 Å². The van der Waals surface area contributed by atoms with Crippen LogP contribution in [0.25, 0.3) is 0 Å². The van der Waals surface area contributed by atoms with Crippen LogP contribution in [0.3, 0.4) is 0 Å². The fourth-order valence-electron chi connectivity index (χ4n) is 1.64. The Labute approximate surface area is 114 Å². The summed E-state index contributed by atoms with van der Waals surface area (Å²) in [5.74, 6) is 0.111. The normalized spacial score (nSPS) is 13.5. The van der Waals surface area contributed by atoms with Crippen LogP contribution in [-0.2, 0) is 16.1 Å². The van der Waals surface area contributed by atoms with Gasteiger partial charge in [0.15, 0.2) is 5.84 Å². The summed E-state index contributed by atoms with van der Waals surface area (Å²) in [5.41, 5.74) is 8.37. The van der Waals surface area contributed by atoms with Gasteiger partial charge in [-0.2, -0.15) is 0 Å². The summed E-state index contributed by atoms with van der Waals surface area (Å²) in [4.78, 5) is 0. The number of benzene rings is 1. The Balaban J connectivity index is 2.60. The largest absolute Gasteiger partial charge is 0.409 e. The van der Waals surface area contributed by atoms with Crippen molar-refractivity contribution in [3.8, 4) is 0 Å². The summed E-state index contributed by atoms with van der Waals surface area (Å²) in [6, 6.07) is 5.62. The van der Waals surface area contributed by atoms with Gasteiger partial charge in [0.05, 0.1) is 19.3 Å². The highest BCUT2D eigenvalue weighted by molar-refractivity contribution is 5.97. The highest BCUT2D eigenvalue weighted by Gasteiger charge is 2.06. The lowest BCUT2D eigenvalue weighted by Gasteiger charge is -2.14. The average molecular weight is 266 g/mol. The maximum Gasteiger partial charge on any atom is 0.170 e. The lowest BCUT2D eigenvalue weighted by atomic mass is 10.1.